The maximum atomic E-state index is 9.72. The molecule has 0 aliphatic carbocycles. The molecule has 3 rings (SSSR count). The van der Waals surface area contributed by atoms with Crippen molar-refractivity contribution in [3.05, 3.63) is 21.9 Å². The lowest BCUT2D eigenvalue weighted by atomic mass is 9.82. The highest BCUT2D eigenvalue weighted by Gasteiger charge is 2.35. The minimum absolute atomic E-state index is 0.0220. The van der Waals surface area contributed by atoms with Crippen LogP contribution in [0.5, 0.6) is 0 Å². The molecular weight excluding hydrogens is 246 g/mol. The van der Waals surface area contributed by atoms with Crippen molar-refractivity contribution >= 4 is 11.3 Å². The minimum Gasteiger partial charge on any atom is -0.396 e. The molecule has 18 heavy (non-hydrogen) atoms. The Morgan fingerprint density at radius 1 is 1.50 bits per heavy atom. The molecule has 0 spiro atoms. The first-order chi connectivity index (χ1) is 8.81. The smallest absolute Gasteiger partial charge is 0.0556 e. The minimum atomic E-state index is -0.0220. The molecule has 2 aliphatic rings. The van der Waals surface area contributed by atoms with Gasteiger partial charge in [0.2, 0.25) is 0 Å². The average molecular weight is 267 g/mol. The van der Waals surface area contributed by atoms with Crippen LogP contribution >= 0.6 is 11.3 Å². The maximum absolute atomic E-state index is 9.72. The molecule has 100 valence electrons. The van der Waals surface area contributed by atoms with Crippen LogP contribution in [-0.4, -0.2) is 42.9 Å². The highest BCUT2D eigenvalue weighted by Crippen LogP contribution is 2.32. The molecule has 1 saturated heterocycles. The molecule has 1 N–H and O–H groups in total. The quantitative estimate of drug-likeness (QED) is 0.908. The largest absolute Gasteiger partial charge is 0.396 e. The number of aliphatic hydroxyl groups excluding tert-OH is 1. The monoisotopic (exact) mass is 267 g/mol. The van der Waals surface area contributed by atoms with Crippen LogP contribution in [0.4, 0.5) is 0 Å². The normalized spacial score (nSPS) is 29.2. The summed E-state index contributed by atoms with van der Waals surface area (Å²) in [6.07, 6.45) is 3.34. The number of rotatable bonds is 3. The van der Waals surface area contributed by atoms with E-state index in [1.807, 2.05) is 11.3 Å². The van der Waals surface area contributed by atoms with Gasteiger partial charge in [-0.25, -0.2) is 0 Å². The van der Waals surface area contributed by atoms with Crippen LogP contribution in [-0.2, 0) is 17.7 Å². The second-order valence-electron chi connectivity index (χ2n) is 5.64. The number of aliphatic hydroxyl groups is 1. The van der Waals surface area contributed by atoms with E-state index in [1.165, 1.54) is 5.56 Å². The van der Waals surface area contributed by atoms with Crippen LogP contribution in [0.2, 0.25) is 0 Å². The molecule has 1 aromatic rings. The van der Waals surface area contributed by atoms with Gasteiger partial charge in [-0.05, 0) is 36.3 Å². The second-order valence-corrected chi connectivity index (χ2v) is 6.64. The molecule has 1 fully saturated rings. The average Bonchev–Trinajstić information content (AvgIpc) is 2.87. The molecule has 3 heterocycles. The fraction of sp³-hybridized carbons (Fsp3) is 0.714. The van der Waals surface area contributed by atoms with Gasteiger partial charge in [0.25, 0.3) is 0 Å². The maximum Gasteiger partial charge on any atom is 0.0556 e. The molecule has 1 atom stereocenters. The lowest BCUT2D eigenvalue weighted by molar-refractivity contribution is -0.0570. The van der Waals surface area contributed by atoms with Gasteiger partial charge in [0.1, 0.15) is 0 Å². The standard InChI is InChI=1S/C14H21NO2S/c16-10-14(4-1-6-17-11-14)9-15-5-2-13-12(8-15)3-7-18-13/h3,7,16H,1-2,4-6,8-11H2. The zero-order valence-corrected chi connectivity index (χ0v) is 11.5. The number of nitrogens with zero attached hydrogens (tertiary/aromatic N) is 1. The fourth-order valence-electron chi connectivity index (χ4n) is 3.13. The Kier molecular flexibility index (Phi) is 3.71. The summed E-state index contributed by atoms with van der Waals surface area (Å²) in [5.74, 6) is 0. The van der Waals surface area contributed by atoms with Crippen LogP contribution in [0.15, 0.2) is 11.4 Å². The van der Waals surface area contributed by atoms with Crippen molar-refractivity contribution in [1.29, 1.82) is 0 Å². The van der Waals surface area contributed by atoms with Gasteiger partial charge < -0.3 is 9.84 Å². The van der Waals surface area contributed by atoms with Crippen molar-refractivity contribution in [2.24, 2.45) is 5.41 Å². The summed E-state index contributed by atoms with van der Waals surface area (Å²) < 4.78 is 5.59. The highest BCUT2D eigenvalue weighted by molar-refractivity contribution is 7.10. The zero-order chi connectivity index (χ0) is 12.4. The van der Waals surface area contributed by atoms with E-state index in [9.17, 15) is 5.11 Å². The Morgan fingerprint density at radius 3 is 3.22 bits per heavy atom. The predicted molar refractivity (Wildman–Crippen MR) is 72.9 cm³/mol. The molecule has 1 unspecified atom stereocenters. The summed E-state index contributed by atoms with van der Waals surface area (Å²) in [6, 6.07) is 2.25. The van der Waals surface area contributed by atoms with Gasteiger partial charge in [-0.3, -0.25) is 4.90 Å². The molecular formula is C14H21NO2S. The Bertz CT molecular complexity index is 398. The molecule has 4 heteroatoms. The van der Waals surface area contributed by atoms with Crippen LogP contribution in [0.25, 0.3) is 0 Å². The Labute approximate surface area is 112 Å². The van der Waals surface area contributed by atoms with Gasteiger partial charge in [-0.1, -0.05) is 0 Å². The van der Waals surface area contributed by atoms with E-state index in [-0.39, 0.29) is 12.0 Å². The Morgan fingerprint density at radius 2 is 2.44 bits per heavy atom. The lowest BCUT2D eigenvalue weighted by Gasteiger charge is -2.40. The molecule has 0 radical (unpaired) electrons. The number of fused-ring (bicyclic) bond motifs is 1. The molecule has 1 aromatic heterocycles. The van der Waals surface area contributed by atoms with Crippen molar-refractivity contribution in [1.82, 2.24) is 4.90 Å². The fourth-order valence-corrected chi connectivity index (χ4v) is 4.02. The predicted octanol–water partition coefficient (Wildman–Crippen LogP) is 1.90. The van der Waals surface area contributed by atoms with Gasteiger partial charge >= 0.3 is 0 Å². The molecule has 0 amide bonds. The van der Waals surface area contributed by atoms with Crippen LogP contribution < -0.4 is 0 Å². The van der Waals surface area contributed by atoms with Crippen molar-refractivity contribution in [2.45, 2.75) is 25.8 Å². The summed E-state index contributed by atoms with van der Waals surface area (Å²) in [7, 11) is 0. The van der Waals surface area contributed by atoms with E-state index >= 15 is 0 Å². The van der Waals surface area contributed by atoms with Crippen LogP contribution in [0, 0.1) is 5.41 Å². The summed E-state index contributed by atoms with van der Waals surface area (Å²) in [5.41, 5.74) is 1.46. The zero-order valence-electron chi connectivity index (χ0n) is 10.7. The van der Waals surface area contributed by atoms with Crippen LogP contribution in [0.3, 0.4) is 0 Å². The van der Waals surface area contributed by atoms with Crippen LogP contribution in [0.1, 0.15) is 23.3 Å². The molecule has 0 bridgehead atoms. The first-order valence-corrected chi connectivity index (χ1v) is 7.66. The highest BCUT2D eigenvalue weighted by atomic mass is 32.1. The summed E-state index contributed by atoms with van der Waals surface area (Å²) in [6.45, 7) is 4.96. The van der Waals surface area contributed by atoms with Gasteiger partial charge in [0, 0.05) is 36.5 Å². The SMILES string of the molecule is OCC1(CN2CCc3sccc3C2)CCCOC1. The van der Waals surface area contributed by atoms with E-state index in [2.05, 4.69) is 16.3 Å². The molecule has 3 nitrogen and oxygen atoms in total. The number of hydrogen-bond acceptors (Lipinski definition) is 4. The number of hydrogen-bond donors (Lipinski definition) is 1. The van der Waals surface area contributed by atoms with E-state index in [4.69, 9.17) is 4.74 Å². The summed E-state index contributed by atoms with van der Waals surface area (Å²) >= 11 is 1.88. The molecule has 2 aliphatic heterocycles. The first kappa shape index (κ1) is 12.6. The van der Waals surface area contributed by atoms with E-state index in [1.54, 1.807) is 4.88 Å². The second kappa shape index (κ2) is 5.29. The van der Waals surface area contributed by atoms with Crippen molar-refractivity contribution in [3.8, 4) is 0 Å². The number of ether oxygens (including phenoxy) is 1. The van der Waals surface area contributed by atoms with E-state index in [0.717, 1.165) is 52.1 Å². The molecule has 0 saturated carbocycles. The first-order valence-electron chi connectivity index (χ1n) is 6.78. The topological polar surface area (TPSA) is 32.7 Å². The van der Waals surface area contributed by atoms with Gasteiger partial charge in [0.15, 0.2) is 0 Å². The van der Waals surface area contributed by atoms with Gasteiger partial charge in [-0.15, -0.1) is 11.3 Å². The van der Waals surface area contributed by atoms with E-state index < -0.39 is 0 Å². The van der Waals surface area contributed by atoms with Gasteiger partial charge in [-0.2, -0.15) is 0 Å². The van der Waals surface area contributed by atoms with Gasteiger partial charge in [0.05, 0.1) is 13.2 Å². The Hall–Kier alpha value is -0.420. The lowest BCUT2D eigenvalue weighted by Crippen LogP contribution is -2.46. The molecule has 0 aromatic carbocycles. The summed E-state index contributed by atoms with van der Waals surface area (Å²) in [4.78, 5) is 4.03. The Balaban J connectivity index is 1.66. The number of thiophene rings is 1. The third-order valence-corrected chi connectivity index (χ3v) is 5.21. The van der Waals surface area contributed by atoms with Crippen molar-refractivity contribution < 1.29 is 9.84 Å². The van der Waals surface area contributed by atoms with E-state index in [0.29, 0.717) is 0 Å². The van der Waals surface area contributed by atoms with Crippen molar-refractivity contribution in [2.75, 3.05) is 32.9 Å². The third-order valence-electron chi connectivity index (χ3n) is 4.19. The summed E-state index contributed by atoms with van der Waals surface area (Å²) in [5, 5.41) is 11.9. The van der Waals surface area contributed by atoms with Crippen molar-refractivity contribution in [3.63, 3.8) is 0 Å². The third kappa shape index (κ3) is 2.48.